The highest BCUT2D eigenvalue weighted by molar-refractivity contribution is 7.81. The number of benzene rings is 1. The number of carboxylic acid groups (broad SMARTS) is 2. The molecule has 0 atom stereocenters. The quantitative estimate of drug-likeness (QED) is 0.554. The number of carbonyl (C=O) groups is 2. The van der Waals surface area contributed by atoms with Crippen molar-refractivity contribution in [3.8, 4) is 11.5 Å². The fraction of sp³-hybridized carbons (Fsp3) is 0. The molecule has 18 heavy (non-hydrogen) atoms. The van der Waals surface area contributed by atoms with Crippen LogP contribution in [-0.4, -0.2) is 40.2 Å². The fourth-order valence-corrected chi connectivity index (χ4v) is 1.44. The van der Waals surface area contributed by atoms with Crippen LogP contribution in [0.15, 0.2) is 12.1 Å². The monoisotopic (exact) mass is 278 g/mol. The number of aromatic hydroxyl groups is 1. The molecular weight excluding hydrogens is 272 g/mol. The molecule has 0 heterocycles. The van der Waals surface area contributed by atoms with Gasteiger partial charge in [-0.1, -0.05) is 0 Å². The number of carboxylic acids is 2. The van der Waals surface area contributed by atoms with Gasteiger partial charge >= 0.3 is 22.3 Å². The van der Waals surface area contributed by atoms with Crippen LogP contribution in [0, 0.1) is 0 Å². The summed E-state index contributed by atoms with van der Waals surface area (Å²) in [6.07, 6.45) is 0. The van der Waals surface area contributed by atoms with Gasteiger partial charge in [0.15, 0.2) is 0 Å². The third-order valence-corrected chi connectivity index (χ3v) is 2.15. The Labute approximate surface area is 99.8 Å². The van der Waals surface area contributed by atoms with Crippen LogP contribution in [0.2, 0.25) is 0 Å². The minimum atomic E-state index is -4.94. The molecule has 0 spiro atoms. The van der Waals surface area contributed by atoms with E-state index in [1.165, 1.54) is 0 Å². The Morgan fingerprint density at radius 1 is 1.06 bits per heavy atom. The number of aromatic carboxylic acids is 2. The first-order chi connectivity index (χ1) is 8.11. The standard InChI is InChI=1S/C8H6O9S/c9-6-4(7(10)11)1-3(17-18(14,15)16)2-5(6)8(12)13/h1-2,9H,(H,10,11)(H,12,13)(H,14,15,16). The lowest BCUT2D eigenvalue weighted by atomic mass is 10.1. The summed E-state index contributed by atoms with van der Waals surface area (Å²) in [5.74, 6) is -5.21. The zero-order valence-corrected chi connectivity index (χ0v) is 9.21. The maximum Gasteiger partial charge on any atom is 0.446 e. The van der Waals surface area contributed by atoms with E-state index in [0.717, 1.165) is 0 Å². The van der Waals surface area contributed by atoms with Gasteiger partial charge in [-0.05, 0) is 0 Å². The van der Waals surface area contributed by atoms with Crippen LogP contribution >= 0.6 is 0 Å². The van der Waals surface area contributed by atoms with Gasteiger partial charge in [0.05, 0.1) is 0 Å². The highest BCUT2D eigenvalue weighted by Crippen LogP contribution is 2.29. The van der Waals surface area contributed by atoms with Crippen LogP contribution in [0.3, 0.4) is 0 Å². The summed E-state index contributed by atoms with van der Waals surface area (Å²) in [5.41, 5.74) is -1.76. The highest BCUT2D eigenvalue weighted by Gasteiger charge is 2.22. The van der Waals surface area contributed by atoms with E-state index in [1.54, 1.807) is 0 Å². The molecular formula is C8H6O9S. The second-order valence-corrected chi connectivity index (χ2v) is 4.01. The van der Waals surface area contributed by atoms with E-state index < -0.39 is 45.0 Å². The van der Waals surface area contributed by atoms with Gasteiger partial charge in [-0.25, -0.2) is 9.59 Å². The lowest BCUT2D eigenvalue weighted by molar-refractivity contribution is 0.0690. The summed E-state index contributed by atoms with van der Waals surface area (Å²) < 4.78 is 33.2. The van der Waals surface area contributed by atoms with Gasteiger partial charge in [-0.2, -0.15) is 8.42 Å². The minimum Gasteiger partial charge on any atom is -0.506 e. The normalized spacial score (nSPS) is 10.9. The summed E-state index contributed by atoms with van der Waals surface area (Å²) in [6, 6.07) is 1.11. The second-order valence-electron chi connectivity index (χ2n) is 2.99. The van der Waals surface area contributed by atoms with E-state index >= 15 is 0 Å². The molecule has 9 nitrogen and oxygen atoms in total. The van der Waals surface area contributed by atoms with Crippen LogP contribution in [0.25, 0.3) is 0 Å². The Morgan fingerprint density at radius 3 is 1.72 bits per heavy atom. The molecule has 0 unspecified atom stereocenters. The summed E-state index contributed by atoms with van der Waals surface area (Å²) >= 11 is 0. The van der Waals surface area contributed by atoms with Crippen molar-refractivity contribution in [1.82, 2.24) is 0 Å². The van der Waals surface area contributed by atoms with Gasteiger partial charge in [-0.15, -0.1) is 0 Å². The first-order valence-electron chi connectivity index (χ1n) is 4.12. The smallest absolute Gasteiger partial charge is 0.446 e. The topological polar surface area (TPSA) is 158 Å². The molecule has 1 aromatic carbocycles. The molecule has 0 fully saturated rings. The lowest BCUT2D eigenvalue weighted by Gasteiger charge is -2.07. The maximum absolute atomic E-state index is 10.7. The third kappa shape index (κ3) is 3.09. The molecule has 0 aromatic heterocycles. The summed E-state index contributed by atoms with van der Waals surface area (Å²) in [6.45, 7) is 0. The molecule has 0 bridgehead atoms. The van der Waals surface area contributed by atoms with Gasteiger partial charge in [0.2, 0.25) is 0 Å². The van der Waals surface area contributed by atoms with Gasteiger partial charge in [-0.3, -0.25) is 4.55 Å². The molecule has 0 aliphatic carbocycles. The molecule has 98 valence electrons. The van der Waals surface area contributed by atoms with Crippen molar-refractivity contribution < 1.29 is 42.1 Å². The Morgan fingerprint density at radius 2 is 1.44 bits per heavy atom. The van der Waals surface area contributed by atoms with Crippen molar-refractivity contribution in [2.75, 3.05) is 0 Å². The fourth-order valence-electron chi connectivity index (χ4n) is 1.10. The highest BCUT2D eigenvalue weighted by atomic mass is 32.3. The Kier molecular flexibility index (Phi) is 3.44. The molecule has 4 N–H and O–H groups in total. The van der Waals surface area contributed by atoms with Crippen molar-refractivity contribution in [3.05, 3.63) is 23.3 Å². The molecule has 10 heteroatoms. The van der Waals surface area contributed by atoms with Gasteiger partial charge in [0.25, 0.3) is 0 Å². The maximum atomic E-state index is 10.7. The van der Waals surface area contributed by atoms with Gasteiger partial charge in [0.1, 0.15) is 22.6 Å². The number of phenols is 1. The Hall–Kier alpha value is -2.33. The van der Waals surface area contributed by atoms with Crippen LogP contribution in [0.5, 0.6) is 11.5 Å². The molecule has 0 aliphatic rings. The van der Waals surface area contributed by atoms with E-state index in [4.69, 9.17) is 14.8 Å². The second kappa shape index (κ2) is 4.50. The number of hydrogen-bond donors (Lipinski definition) is 4. The van der Waals surface area contributed by atoms with Gasteiger partial charge in [0, 0.05) is 12.1 Å². The molecule has 0 saturated heterocycles. The van der Waals surface area contributed by atoms with Crippen LogP contribution < -0.4 is 4.18 Å². The van der Waals surface area contributed by atoms with Crippen molar-refractivity contribution >= 4 is 22.3 Å². The first-order valence-corrected chi connectivity index (χ1v) is 5.49. The molecule has 0 aliphatic heterocycles. The summed E-state index contributed by atoms with van der Waals surface area (Å²) in [7, 11) is -4.94. The van der Waals surface area contributed by atoms with Crippen LogP contribution in [-0.2, 0) is 10.4 Å². The van der Waals surface area contributed by atoms with Crippen LogP contribution in [0.1, 0.15) is 20.7 Å². The average molecular weight is 278 g/mol. The molecule has 1 aromatic rings. The van der Waals surface area contributed by atoms with E-state index in [0.29, 0.717) is 12.1 Å². The number of rotatable bonds is 4. The summed E-state index contributed by atoms with van der Waals surface area (Å²) in [4.78, 5) is 21.4. The largest absolute Gasteiger partial charge is 0.506 e. The average Bonchev–Trinajstić information content (AvgIpc) is 2.17. The molecule has 0 amide bonds. The molecule has 0 radical (unpaired) electrons. The first kappa shape index (κ1) is 13.7. The lowest BCUT2D eigenvalue weighted by Crippen LogP contribution is -2.10. The Balaban J connectivity index is 3.48. The van der Waals surface area contributed by atoms with Crippen molar-refractivity contribution in [2.45, 2.75) is 0 Å². The predicted octanol–water partition coefficient (Wildman–Crippen LogP) is -0.0298. The van der Waals surface area contributed by atoms with Crippen molar-refractivity contribution in [2.24, 2.45) is 0 Å². The SMILES string of the molecule is O=C(O)c1cc(OS(=O)(=O)O)cc(C(=O)O)c1O. The number of hydrogen-bond acceptors (Lipinski definition) is 6. The molecule has 1 rings (SSSR count). The summed E-state index contributed by atoms with van der Waals surface area (Å²) in [5, 5.41) is 26.7. The molecule has 0 saturated carbocycles. The van der Waals surface area contributed by atoms with Crippen molar-refractivity contribution in [1.29, 1.82) is 0 Å². The van der Waals surface area contributed by atoms with Gasteiger partial charge < -0.3 is 19.5 Å². The predicted molar refractivity (Wildman–Crippen MR) is 54.2 cm³/mol. The van der Waals surface area contributed by atoms with E-state index in [9.17, 15) is 23.1 Å². The zero-order valence-electron chi connectivity index (χ0n) is 8.39. The van der Waals surface area contributed by atoms with Crippen LogP contribution in [0.4, 0.5) is 0 Å². The van der Waals surface area contributed by atoms with E-state index in [2.05, 4.69) is 4.18 Å². The minimum absolute atomic E-state index is 0.553. The Bertz CT molecular complexity index is 580. The van der Waals surface area contributed by atoms with Crippen molar-refractivity contribution in [3.63, 3.8) is 0 Å². The van der Waals surface area contributed by atoms with E-state index in [-0.39, 0.29) is 0 Å². The zero-order chi connectivity index (χ0) is 14.1. The van der Waals surface area contributed by atoms with E-state index in [1.807, 2.05) is 0 Å². The third-order valence-electron chi connectivity index (χ3n) is 1.75.